The Hall–Kier alpha value is -1.67. The quantitative estimate of drug-likeness (QED) is 0.815. The lowest BCUT2D eigenvalue weighted by atomic mass is 9.94. The van der Waals surface area contributed by atoms with Crippen LogP contribution in [0.25, 0.3) is 0 Å². The van der Waals surface area contributed by atoms with E-state index in [4.69, 9.17) is 0 Å². The maximum Gasteiger partial charge on any atom is 0.0404 e. The number of hydrogen-bond acceptors (Lipinski definition) is 2. The molecule has 0 aliphatic heterocycles. The van der Waals surface area contributed by atoms with Crippen LogP contribution in [0.2, 0.25) is 0 Å². The third-order valence-corrected chi connectivity index (χ3v) is 4.08. The Kier molecular flexibility index (Phi) is 5.94. The first-order valence-corrected chi connectivity index (χ1v) is 7.91. The number of aromatic nitrogens is 1. The molecule has 2 rings (SSSR count). The summed E-state index contributed by atoms with van der Waals surface area (Å²) in [6, 6.07) is 13.2. The Morgan fingerprint density at radius 2 is 1.95 bits per heavy atom. The molecule has 0 radical (unpaired) electrons. The van der Waals surface area contributed by atoms with E-state index in [1.165, 1.54) is 22.4 Å². The monoisotopic (exact) mass is 282 g/mol. The fourth-order valence-electron chi connectivity index (χ4n) is 2.68. The Morgan fingerprint density at radius 1 is 1.10 bits per heavy atom. The summed E-state index contributed by atoms with van der Waals surface area (Å²) in [5, 5.41) is 3.70. The van der Waals surface area contributed by atoms with Crippen LogP contribution in [0.5, 0.6) is 0 Å². The first kappa shape index (κ1) is 15.7. The topological polar surface area (TPSA) is 24.9 Å². The minimum atomic E-state index is 0.409. The molecule has 1 heterocycles. The number of pyridine rings is 1. The van der Waals surface area contributed by atoms with E-state index in [0.29, 0.717) is 6.04 Å². The van der Waals surface area contributed by atoms with Gasteiger partial charge in [-0.2, -0.15) is 0 Å². The van der Waals surface area contributed by atoms with Gasteiger partial charge in [-0.3, -0.25) is 4.98 Å². The second kappa shape index (κ2) is 7.94. The summed E-state index contributed by atoms with van der Waals surface area (Å²) in [6.45, 7) is 7.69. The van der Waals surface area contributed by atoms with Crippen LogP contribution in [0.4, 0.5) is 0 Å². The predicted octanol–water partition coefficient (Wildman–Crippen LogP) is 4.37. The molecule has 0 spiro atoms. The zero-order chi connectivity index (χ0) is 15.1. The Morgan fingerprint density at radius 3 is 2.67 bits per heavy atom. The fourth-order valence-corrected chi connectivity index (χ4v) is 2.68. The van der Waals surface area contributed by atoms with Crippen LogP contribution in [0.1, 0.15) is 48.2 Å². The van der Waals surface area contributed by atoms with E-state index in [1.807, 2.05) is 12.3 Å². The van der Waals surface area contributed by atoms with E-state index in [0.717, 1.165) is 25.8 Å². The minimum Gasteiger partial charge on any atom is -0.310 e. The number of nitrogens with zero attached hydrogens (tertiary/aromatic N) is 1. The van der Waals surface area contributed by atoms with Gasteiger partial charge in [0.15, 0.2) is 0 Å². The normalized spacial score (nSPS) is 12.3. The molecule has 1 unspecified atom stereocenters. The lowest BCUT2D eigenvalue weighted by Gasteiger charge is -2.22. The predicted molar refractivity (Wildman–Crippen MR) is 89.5 cm³/mol. The molecule has 0 amide bonds. The van der Waals surface area contributed by atoms with Gasteiger partial charge in [-0.25, -0.2) is 0 Å². The summed E-state index contributed by atoms with van der Waals surface area (Å²) in [6.07, 6.45) is 5.13. The largest absolute Gasteiger partial charge is 0.310 e. The Labute approximate surface area is 128 Å². The number of rotatable bonds is 7. The first-order valence-electron chi connectivity index (χ1n) is 7.91. The number of nitrogens with one attached hydrogen (secondary N) is 1. The van der Waals surface area contributed by atoms with Crippen LogP contribution in [0.3, 0.4) is 0 Å². The van der Waals surface area contributed by atoms with Crippen molar-refractivity contribution in [3.05, 3.63) is 65.0 Å². The molecule has 1 aromatic carbocycles. The van der Waals surface area contributed by atoms with Crippen molar-refractivity contribution in [2.75, 3.05) is 6.54 Å². The zero-order valence-electron chi connectivity index (χ0n) is 13.4. The third kappa shape index (κ3) is 4.40. The summed E-state index contributed by atoms with van der Waals surface area (Å²) >= 11 is 0. The molecular formula is C19H26N2. The van der Waals surface area contributed by atoms with Crippen LogP contribution in [-0.4, -0.2) is 11.5 Å². The van der Waals surface area contributed by atoms with Gasteiger partial charge in [-0.05, 0) is 68.5 Å². The number of hydrogen-bond donors (Lipinski definition) is 1. The zero-order valence-corrected chi connectivity index (χ0v) is 13.4. The van der Waals surface area contributed by atoms with Crippen molar-refractivity contribution in [1.29, 1.82) is 0 Å². The van der Waals surface area contributed by atoms with Gasteiger partial charge in [0.25, 0.3) is 0 Å². The Balaban J connectivity index is 2.12. The van der Waals surface area contributed by atoms with Gasteiger partial charge in [0.2, 0.25) is 0 Å². The van der Waals surface area contributed by atoms with Gasteiger partial charge in [0.05, 0.1) is 0 Å². The highest BCUT2D eigenvalue weighted by Gasteiger charge is 2.14. The van der Waals surface area contributed by atoms with Crippen LogP contribution in [0, 0.1) is 13.8 Å². The molecule has 2 heteroatoms. The van der Waals surface area contributed by atoms with Gasteiger partial charge in [0.1, 0.15) is 0 Å². The van der Waals surface area contributed by atoms with Crippen molar-refractivity contribution in [2.24, 2.45) is 0 Å². The SMILES string of the molecule is CCCNC(CCc1ccccn1)c1cccc(C)c1C. The number of benzene rings is 1. The summed E-state index contributed by atoms with van der Waals surface area (Å²) < 4.78 is 0. The fraction of sp³-hybridized carbons (Fsp3) is 0.421. The average molecular weight is 282 g/mol. The molecule has 0 bridgehead atoms. The number of aryl methyl sites for hydroxylation is 2. The highest BCUT2D eigenvalue weighted by molar-refractivity contribution is 5.35. The molecule has 112 valence electrons. The van der Waals surface area contributed by atoms with Gasteiger partial charge in [-0.1, -0.05) is 31.2 Å². The molecule has 2 nitrogen and oxygen atoms in total. The molecule has 0 aliphatic carbocycles. The molecule has 0 aliphatic rings. The van der Waals surface area contributed by atoms with Crippen LogP contribution in [-0.2, 0) is 6.42 Å². The molecule has 1 aromatic heterocycles. The molecule has 21 heavy (non-hydrogen) atoms. The van der Waals surface area contributed by atoms with E-state index in [9.17, 15) is 0 Å². The van der Waals surface area contributed by atoms with Gasteiger partial charge >= 0.3 is 0 Å². The molecular weight excluding hydrogens is 256 g/mol. The molecule has 0 saturated heterocycles. The summed E-state index contributed by atoms with van der Waals surface area (Å²) in [4.78, 5) is 4.44. The van der Waals surface area contributed by atoms with E-state index in [1.54, 1.807) is 0 Å². The third-order valence-electron chi connectivity index (χ3n) is 4.08. The highest BCUT2D eigenvalue weighted by Crippen LogP contribution is 2.24. The molecule has 2 aromatic rings. The van der Waals surface area contributed by atoms with E-state index in [2.05, 4.69) is 61.4 Å². The van der Waals surface area contributed by atoms with Gasteiger partial charge < -0.3 is 5.32 Å². The van der Waals surface area contributed by atoms with Crippen LogP contribution < -0.4 is 5.32 Å². The lowest BCUT2D eigenvalue weighted by Crippen LogP contribution is -2.23. The first-order chi connectivity index (χ1) is 10.2. The minimum absolute atomic E-state index is 0.409. The molecule has 0 fully saturated rings. The standard InChI is InChI=1S/C19H26N2/c1-4-13-21-19(12-11-17-9-5-6-14-20-17)18-10-7-8-15(2)16(18)3/h5-10,14,19,21H,4,11-13H2,1-3H3. The highest BCUT2D eigenvalue weighted by atomic mass is 14.9. The van der Waals surface area contributed by atoms with Crippen molar-refractivity contribution >= 4 is 0 Å². The summed E-state index contributed by atoms with van der Waals surface area (Å²) in [5.41, 5.74) is 5.38. The van der Waals surface area contributed by atoms with E-state index >= 15 is 0 Å². The Bertz CT molecular complexity index is 549. The smallest absolute Gasteiger partial charge is 0.0404 e. The molecule has 1 N–H and O–H groups in total. The lowest BCUT2D eigenvalue weighted by molar-refractivity contribution is 0.495. The molecule has 0 saturated carbocycles. The second-order valence-corrected chi connectivity index (χ2v) is 5.66. The van der Waals surface area contributed by atoms with E-state index in [-0.39, 0.29) is 0 Å². The van der Waals surface area contributed by atoms with Crippen molar-refractivity contribution in [3.8, 4) is 0 Å². The molecule has 1 atom stereocenters. The van der Waals surface area contributed by atoms with Crippen LogP contribution >= 0.6 is 0 Å². The van der Waals surface area contributed by atoms with Crippen molar-refractivity contribution in [3.63, 3.8) is 0 Å². The van der Waals surface area contributed by atoms with Crippen molar-refractivity contribution < 1.29 is 0 Å². The summed E-state index contributed by atoms with van der Waals surface area (Å²) in [7, 11) is 0. The van der Waals surface area contributed by atoms with E-state index < -0.39 is 0 Å². The second-order valence-electron chi connectivity index (χ2n) is 5.66. The van der Waals surface area contributed by atoms with Crippen LogP contribution in [0.15, 0.2) is 42.6 Å². The van der Waals surface area contributed by atoms with Crippen molar-refractivity contribution in [1.82, 2.24) is 10.3 Å². The average Bonchev–Trinajstić information content (AvgIpc) is 2.52. The maximum atomic E-state index is 4.44. The maximum absolute atomic E-state index is 4.44. The van der Waals surface area contributed by atoms with Gasteiger partial charge in [0, 0.05) is 17.9 Å². The summed E-state index contributed by atoms with van der Waals surface area (Å²) in [5.74, 6) is 0. The van der Waals surface area contributed by atoms with Gasteiger partial charge in [-0.15, -0.1) is 0 Å². The van der Waals surface area contributed by atoms with Crippen molar-refractivity contribution in [2.45, 2.75) is 46.1 Å².